The van der Waals surface area contributed by atoms with Gasteiger partial charge in [0.05, 0.1) is 4.90 Å². The Bertz CT molecular complexity index is 760. The average molecular weight is 498 g/mol. The summed E-state index contributed by atoms with van der Waals surface area (Å²) >= 11 is 3.09. The smallest absolute Gasteiger partial charge is 0.264 e. The van der Waals surface area contributed by atoms with Crippen LogP contribution in [0.4, 0.5) is 5.69 Å². The second-order valence-corrected chi connectivity index (χ2v) is 10.3. The molecule has 0 spiro atoms. The number of amides is 1. The highest BCUT2D eigenvalue weighted by molar-refractivity contribution is 7.90. The van der Waals surface area contributed by atoms with Crippen LogP contribution in [0.2, 0.25) is 0 Å². The van der Waals surface area contributed by atoms with Crippen molar-refractivity contribution in [2.45, 2.75) is 115 Å². The Hall–Kier alpha value is -1.72. The van der Waals surface area contributed by atoms with Crippen LogP contribution in [-0.2, 0) is 14.8 Å². The van der Waals surface area contributed by atoms with E-state index in [1.807, 2.05) is 0 Å². The highest BCUT2D eigenvalue weighted by Crippen LogP contribution is 2.14. The van der Waals surface area contributed by atoms with Crippen molar-refractivity contribution in [3.8, 4) is 5.40 Å². The van der Waals surface area contributed by atoms with Gasteiger partial charge in [0.15, 0.2) is 0 Å². The molecule has 1 amide bonds. The molecule has 6 nitrogen and oxygen atoms in total. The molecule has 0 aliphatic carbocycles. The van der Waals surface area contributed by atoms with E-state index in [2.05, 4.69) is 24.3 Å². The molecule has 0 fully saturated rings. The first kappa shape index (κ1) is 31.3. The minimum absolute atomic E-state index is 0.0570. The Kier molecular flexibility index (Phi) is 19.8. The quantitative estimate of drug-likeness (QED) is 0.0900. The number of carbonyl (C=O) groups excluding carboxylic acids is 1. The summed E-state index contributed by atoms with van der Waals surface area (Å²) in [6, 6.07) is 5.82. The number of sulfonamides is 1. The van der Waals surface area contributed by atoms with E-state index in [1.54, 1.807) is 0 Å². The number of benzene rings is 1. The zero-order valence-electron chi connectivity index (χ0n) is 20.2. The number of thiocyanates is 1. The predicted molar refractivity (Wildman–Crippen MR) is 140 cm³/mol. The first-order chi connectivity index (χ1) is 15.9. The van der Waals surface area contributed by atoms with E-state index in [9.17, 15) is 13.2 Å². The van der Waals surface area contributed by atoms with Crippen LogP contribution >= 0.6 is 12.6 Å². The van der Waals surface area contributed by atoms with Gasteiger partial charge in [0.1, 0.15) is 5.40 Å². The van der Waals surface area contributed by atoms with E-state index in [4.69, 9.17) is 11.0 Å². The third-order valence-electron chi connectivity index (χ3n) is 5.45. The molecular weight excluding hydrogens is 454 g/mol. The summed E-state index contributed by atoms with van der Waals surface area (Å²) in [5.41, 5.74) is 6.04. The maximum Gasteiger partial charge on any atom is 0.264 e. The molecule has 0 saturated carbocycles. The van der Waals surface area contributed by atoms with Gasteiger partial charge in [-0.15, -0.1) is 0 Å². The van der Waals surface area contributed by atoms with Crippen molar-refractivity contribution in [3.63, 3.8) is 0 Å². The van der Waals surface area contributed by atoms with Crippen molar-refractivity contribution in [2.75, 3.05) is 5.73 Å². The first-order valence-corrected chi connectivity index (χ1v) is 14.2. The van der Waals surface area contributed by atoms with Crippen molar-refractivity contribution in [3.05, 3.63) is 24.3 Å². The highest BCUT2D eigenvalue weighted by Gasteiger charge is 2.16. The maximum absolute atomic E-state index is 12.1. The van der Waals surface area contributed by atoms with Crippen molar-refractivity contribution in [1.82, 2.24) is 4.72 Å². The molecule has 0 aromatic heterocycles. The fourth-order valence-electron chi connectivity index (χ4n) is 3.56. The van der Waals surface area contributed by atoms with Crippen molar-refractivity contribution in [1.29, 1.82) is 5.26 Å². The topological polar surface area (TPSA) is 113 Å². The normalized spacial score (nSPS) is 10.7. The van der Waals surface area contributed by atoms with Gasteiger partial charge in [-0.05, 0) is 30.7 Å². The summed E-state index contributed by atoms with van der Waals surface area (Å²) in [7, 11) is -3.80. The van der Waals surface area contributed by atoms with E-state index >= 15 is 0 Å². The molecule has 1 aromatic carbocycles. The molecule has 8 heteroatoms. The van der Waals surface area contributed by atoms with Gasteiger partial charge in [-0.25, -0.2) is 13.1 Å². The fraction of sp³-hybridized carbons (Fsp3) is 0.680. The standard InChI is InChI=1S/C24H42N2O3S.CHNS/c1-2-3-4-5-6-7-8-9-10-11-12-13-14-15-16-17-24(27)26-30(28,29)23-20-18-22(25)19-21-23;2-1-3/h18-21H,2-17,25H2,1H3,(H,26,27);3H. The molecule has 0 atom stereocenters. The molecule has 0 bridgehead atoms. The lowest BCUT2D eigenvalue weighted by Crippen LogP contribution is -2.30. The van der Waals surface area contributed by atoms with Gasteiger partial charge in [-0.2, -0.15) is 5.26 Å². The monoisotopic (exact) mass is 497 g/mol. The van der Waals surface area contributed by atoms with Gasteiger partial charge < -0.3 is 5.73 Å². The number of thiol groups is 1. The van der Waals surface area contributed by atoms with Crippen molar-refractivity contribution in [2.24, 2.45) is 0 Å². The molecule has 3 N–H and O–H groups in total. The van der Waals surface area contributed by atoms with Crippen LogP contribution < -0.4 is 10.5 Å². The molecule has 0 aliphatic heterocycles. The second-order valence-electron chi connectivity index (χ2n) is 8.40. The van der Waals surface area contributed by atoms with Crippen LogP contribution in [0.25, 0.3) is 0 Å². The number of nitrogens with zero attached hydrogens (tertiary/aromatic N) is 1. The third kappa shape index (κ3) is 18.4. The Labute approximate surface area is 207 Å². The highest BCUT2D eigenvalue weighted by atomic mass is 32.2. The van der Waals surface area contributed by atoms with Crippen LogP contribution in [0.1, 0.15) is 110 Å². The van der Waals surface area contributed by atoms with Crippen LogP contribution in [0.15, 0.2) is 29.2 Å². The molecule has 0 heterocycles. The summed E-state index contributed by atoms with van der Waals surface area (Å²) in [5.74, 6) is -0.443. The molecule has 188 valence electrons. The molecule has 1 aromatic rings. The minimum atomic E-state index is -3.80. The van der Waals surface area contributed by atoms with Crippen LogP contribution in [0.5, 0.6) is 0 Å². The Morgan fingerprint density at radius 1 is 0.848 bits per heavy atom. The summed E-state index contributed by atoms with van der Waals surface area (Å²) in [6.45, 7) is 2.26. The zero-order chi connectivity index (χ0) is 24.8. The Balaban J connectivity index is 0.00000322. The number of nitriles is 1. The second kappa shape index (κ2) is 20.9. The van der Waals surface area contributed by atoms with E-state index in [0.717, 1.165) is 19.3 Å². The molecule has 0 aliphatic rings. The van der Waals surface area contributed by atoms with Gasteiger partial charge in [0.2, 0.25) is 5.91 Å². The maximum atomic E-state index is 12.1. The van der Waals surface area contributed by atoms with Gasteiger partial charge >= 0.3 is 0 Å². The molecule has 1 rings (SSSR count). The van der Waals surface area contributed by atoms with Gasteiger partial charge in [-0.3, -0.25) is 4.79 Å². The lowest BCUT2D eigenvalue weighted by molar-refractivity contribution is -0.119. The van der Waals surface area contributed by atoms with E-state index in [-0.39, 0.29) is 11.3 Å². The minimum Gasteiger partial charge on any atom is -0.399 e. The summed E-state index contributed by atoms with van der Waals surface area (Å²) in [6.07, 6.45) is 19.2. The lowest BCUT2D eigenvalue weighted by atomic mass is 10.0. The molecule has 0 saturated heterocycles. The van der Waals surface area contributed by atoms with E-state index in [1.165, 1.54) is 107 Å². The predicted octanol–water partition coefficient (Wildman–Crippen LogP) is 6.73. The first-order valence-electron chi connectivity index (χ1n) is 12.3. The fourth-order valence-corrected chi connectivity index (χ4v) is 4.58. The summed E-state index contributed by atoms with van der Waals surface area (Å²) < 4.78 is 26.4. The Morgan fingerprint density at radius 3 is 1.61 bits per heavy atom. The zero-order valence-corrected chi connectivity index (χ0v) is 21.9. The number of nitrogens with one attached hydrogen (secondary N) is 1. The summed E-state index contributed by atoms with van der Waals surface area (Å²) in [4.78, 5) is 12.0. The van der Waals surface area contributed by atoms with Gasteiger partial charge in [0, 0.05) is 12.1 Å². The van der Waals surface area contributed by atoms with Crippen LogP contribution in [-0.4, -0.2) is 14.3 Å². The number of unbranched alkanes of at least 4 members (excludes halogenated alkanes) is 14. The number of carbonyl (C=O) groups is 1. The molecular formula is C25H43N3O3S2. The molecule has 0 radical (unpaired) electrons. The van der Waals surface area contributed by atoms with E-state index < -0.39 is 15.9 Å². The SMILES string of the molecule is CCCCCCCCCCCCCCCCCC(=O)NS(=O)(=O)c1ccc(N)cc1.N#CS. The van der Waals surface area contributed by atoms with E-state index in [0.29, 0.717) is 5.69 Å². The average Bonchev–Trinajstić information content (AvgIpc) is 2.77. The largest absolute Gasteiger partial charge is 0.399 e. The van der Waals surface area contributed by atoms with Gasteiger partial charge in [-0.1, -0.05) is 109 Å². The summed E-state index contributed by atoms with van der Waals surface area (Å²) in [5, 5.41) is 8.63. The number of nitrogen functional groups attached to an aromatic ring is 1. The van der Waals surface area contributed by atoms with Crippen LogP contribution in [0, 0.1) is 10.7 Å². The third-order valence-corrected chi connectivity index (χ3v) is 6.84. The van der Waals surface area contributed by atoms with Crippen LogP contribution in [0.3, 0.4) is 0 Å². The van der Waals surface area contributed by atoms with Crippen molar-refractivity contribution < 1.29 is 13.2 Å². The number of nitrogens with two attached hydrogens (primary N) is 1. The number of hydrogen-bond donors (Lipinski definition) is 3. The molecule has 0 unspecified atom stereocenters. The van der Waals surface area contributed by atoms with Crippen molar-refractivity contribution >= 4 is 34.2 Å². The number of rotatable bonds is 18. The number of anilines is 1. The van der Waals surface area contributed by atoms with Gasteiger partial charge in [0.25, 0.3) is 10.0 Å². The molecule has 33 heavy (non-hydrogen) atoms. The number of hydrogen-bond acceptors (Lipinski definition) is 6. The lowest BCUT2D eigenvalue weighted by Gasteiger charge is -2.07. The Morgan fingerprint density at radius 2 is 1.21 bits per heavy atom.